The van der Waals surface area contributed by atoms with E-state index in [0.29, 0.717) is 0 Å². The topological polar surface area (TPSA) is 49.3 Å². The van der Waals surface area contributed by atoms with Crippen LogP contribution in [0, 0.1) is 11.7 Å². The smallest absolute Gasteiger partial charge is 0.253 e. The number of aliphatic hydroxyl groups is 1. The molecular formula is C13H15ClFNO2. The summed E-state index contributed by atoms with van der Waals surface area (Å²) in [5.41, 5.74) is 0.139. The second kappa shape index (κ2) is 5.67. The van der Waals surface area contributed by atoms with Gasteiger partial charge in [-0.2, -0.15) is 0 Å². The van der Waals surface area contributed by atoms with Crippen molar-refractivity contribution in [1.29, 1.82) is 0 Å². The molecule has 0 saturated heterocycles. The molecule has 3 nitrogen and oxygen atoms in total. The first-order valence-corrected chi connectivity index (χ1v) is 6.37. The standard InChI is InChI=1S/C13H15ClFNO2/c14-12-9(4-2-5-10(12)15)13(18)16-11-6-1-3-8(11)7-17/h2,4-5,8,11,17H,1,3,6-7H2,(H,16,18). The number of aliphatic hydroxyl groups excluding tert-OH is 1. The minimum absolute atomic E-state index is 0.0539. The van der Waals surface area contributed by atoms with Crippen molar-refractivity contribution in [2.75, 3.05) is 6.61 Å². The first-order chi connectivity index (χ1) is 8.63. The van der Waals surface area contributed by atoms with Crippen LogP contribution < -0.4 is 5.32 Å². The van der Waals surface area contributed by atoms with Crippen molar-refractivity contribution in [3.63, 3.8) is 0 Å². The van der Waals surface area contributed by atoms with Gasteiger partial charge in [0, 0.05) is 18.6 Å². The Morgan fingerprint density at radius 2 is 2.28 bits per heavy atom. The largest absolute Gasteiger partial charge is 0.396 e. The molecule has 0 aromatic heterocycles. The zero-order chi connectivity index (χ0) is 13.1. The lowest BCUT2D eigenvalue weighted by molar-refractivity contribution is 0.0916. The molecule has 1 aliphatic rings. The fraction of sp³-hybridized carbons (Fsp3) is 0.462. The number of benzene rings is 1. The van der Waals surface area contributed by atoms with Crippen LogP contribution in [0.4, 0.5) is 4.39 Å². The molecule has 0 heterocycles. The highest BCUT2D eigenvalue weighted by atomic mass is 35.5. The van der Waals surface area contributed by atoms with Crippen LogP contribution in [-0.2, 0) is 0 Å². The maximum atomic E-state index is 13.2. The Kier molecular flexibility index (Phi) is 4.19. The van der Waals surface area contributed by atoms with Gasteiger partial charge in [-0.3, -0.25) is 4.79 Å². The number of carbonyl (C=O) groups excluding carboxylic acids is 1. The zero-order valence-electron chi connectivity index (χ0n) is 9.83. The molecule has 0 radical (unpaired) electrons. The van der Waals surface area contributed by atoms with Crippen LogP contribution in [0.1, 0.15) is 29.6 Å². The van der Waals surface area contributed by atoms with E-state index in [2.05, 4.69) is 5.32 Å². The van der Waals surface area contributed by atoms with E-state index in [1.165, 1.54) is 18.2 Å². The molecule has 1 aromatic carbocycles. The number of hydrogen-bond donors (Lipinski definition) is 2. The highest BCUT2D eigenvalue weighted by Crippen LogP contribution is 2.26. The molecule has 0 aliphatic heterocycles. The summed E-state index contributed by atoms with van der Waals surface area (Å²) >= 11 is 5.76. The summed E-state index contributed by atoms with van der Waals surface area (Å²) in [5.74, 6) is -0.902. The SMILES string of the molecule is O=C(NC1CCCC1CO)c1cccc(F)c1Cl. The second-order valence-electron chi connectivity index (χ2n) is 4.55. The van der Waals surface area contributed by atoms with E-state index in [9.17, 15) is 14.3 Å². The molecule has 5 heteroatoms. The van der Waals surface area contributed by atoms with Crippen molar-refractivity contribution in [3.8, 4) is 0 Å². The van der Waals surface area contributed by atoms with Gasteiger partial charge < -0.3 is 10.4 Å². The van der Waals surface area contributed by atoms with E-state index in [1.54, 1.807) is 0 Å². The Labute approximate surface area is 110 Å². The number of carbonyl (C=O) groups is 1. The maximum absolute atomic E-state index is 13.2. The number of halogens is 2. The maximum Gasteiger partial charge on any atom is 0.253 e. The van der Waals surface area contributed by atoms with Gasteiger partial charge in [0.1, 0.15) is 5.82 Å². The van der Waals surface area contributed by atoms with Crippen molar-refractivity contribution in [2.24, 2.45) is 5.92 Å². The molecule has 0 bridgehead atoms. The van der Waals surface area contributed by atoms with E-state index in [4.69, 9.17) is 11.6 Å². The van der Waals surface area contributed by atoms with Gasteiger partial charge in [0.25, 0.3) is 5.91 Å². The van der Waals surface area contributed by atoms with Gasteiger partial charge in [-0.25, -0.2) is 4.39 Å². The zero-order valence-corrected chi connectivity index (χ0v) is 10.6. The van der Waals surface area contributed by atoms with Crippen LogP contribution in [0.15, 0.2) is 18.2 Å². The number of amides is 1. The fourth-order valence-electron chi connectivity index (χ4n) is 2.37. The summed E-state index contributed by atoms with van der Waals surface area (Å²) in [6.45, 7) is 0.0574. The Hall–Kier alpha value is -1.13. The summed E-state index contributed by atoms with van der Waals surface area (Å²) in [7, 11) is 0. The fourth-order valence-corrected chi connectivity index (χ4v) is 2.58. The monoisotopic (exact) mass is 271 g/mol. The predicted molar refractivity (Wildman–Crippen MR) is 67.1 cm³/mol. The lowest BCUT2D eigenvalue weighted by Gasteiger charge is -2.19. The van der Waals surface area contributed by atoms with Crippen LogP contribution in [0.25, 0.3) is 0 Å². The summed E-state index contributed by atoms with van der Waals surface area (Å²) in [6, 6.07) is 4.10. The van der Waals surface area contributed by atoms with Crippen LogP contribution in [0.5, 0.6) is 0 Å². The number of hydrogen-bond acceptors (Lipinski definition) is 2. The van der Waals surface area contributed by atoms with Crippen molar-refractivity contribution in [2.45, 2.75) is 25.3 Å². The van der Waals surface area contributed by atoms with Crippen LogP contribution in [-0.4, -0.2) is 23.7 Å². The number of nitrogens with one attached hydrogen (secondary N) is 1. The van der Waals surface area contributed by atoms with Gasteiger partial charge in [-0.15, -0.1) is 0 Å². The highest BCUT2D eigenvalue weighted by Gasteiger charge is 2.28. The Bertz CT molecular complexity index is 453. The molecule has 2 N–H and O–H groups in total. The predicted octanol–water partition coefficient (Wildman–Crippen LogP) is 2.37. The highest BCUT2D eigenvalue weighted by molar-refractivity contribution is 6.34. The van der Waals surface area contributed by atoms with Crippen LogP contribution in [0.3, 0.4) is 0 Å². The van der Waals surface area contributed by atoms with Crippen molar-refractivity contribution >= 4 is 17.5 Å². The van der Waals surface area contributed by atoms with Gasteiger partial charge in [-0.1, -0.05) is 24.1 Å². The summed E-state index contributed by atoms with van der Waals surface area (Å²) in [5, 5.41) is 11.8. The lowest BCUT2D eigenvalue weighted by Crippen LogP contribution is -2.38. The first kappa shape index (κ1) is 13.3. The van der Waals surface area contributed by atoms with E-state index >= 15 is 0 Å². The Morgan fingerprint density at radius 1 is 1.50 bits per heavy atom. The number of rotatable bonds is 3. The van der Waals surface area contributed by atoms with E-state index in [1.807, 2.05) is 0 Å². The normalized spacial score (nSPS) is 23.1. The van der Waals surface area contributed by atoms with E-state index in [-0.39, 0.29) is 35.1 Å². The summed E-state index contributed by atoms with van der Waals surface area (Å²) in [6.07, 6.45) is 2.72. The van der Waals surface area contributed by atoms with Gasteiger partial charge in [0.05, 0.1) is 10.6 Å². The molecule has 98 valence electrons. The minimum Gasteiger partial charge on any atom is -0.396 e. The Morgan fingerprint density at radius 3 is 3.00 bits per heavy atom. The van der Waals surface area contributed by atoms with Crippen molar-refractivity contribution in [1.82, 2.24) is 5.32 Å². The average Bonchev–Trinajstić information content (AvgIpc) is 2.79. The third-order valence-electron chi connectivity index (χ3n) is 3.41. The van der Waals surface area contributed by atoms with Gasteiger partial charge in [0.2, 0.25) is 0 Å². The molecule has 1 fully saturated rings. The molecular weight excluding hydrogens is 257 g/mol. The minimum atomic E-state index is -0.602. The summed E-state index contributed by atoms with van der Waals surface area (Å²) in [4.78, 5) is 12.0. The molecule has 1 aromatic rings. The molecule has 2 unspecified atom stereocenters. The third-order valence-corrected chi connectivity index (χ3v) is 3.79. The van der Waals surface area contributed by atoms with Gasteiger partial charge >= 0.3 is 0 Å². The van der Waals surface area contributed by atoms with Gasteiger partial charge in [0.15, 0.2) is 0 Å². The molecule has 2 rings (SSSR count). The molecule has 1 aliphatic carbocycles. The first-order valence-electron chi connectivity index (χ1n) is 5.99. The van der Waals surface area contributed by atoms with Crippen molar-refractivity contribution in [3.05, 3.63) is 34.6 Å². The quantitative estimate of drug-likeness (QED) is 0.887. The molecule has 0 spiro atoms. The summed E-state index contributed by atoms with van der Waals surface area (Å²) < 4.78 is 13.2. The molecule has 1 amide bonds. The second-order valence-corrected chi connectivity index (χ2v) is 4.93. The molecule has 1 saturated carbocycles. The van der Waals surface area contributed by atoms with Crippen molar-refractivity contribution < 1.29 is 14.3 Å². The average molecular weight is 272 g/mol. The Balaban J connectivity index is 2.10. The van der Waals surface area contributed by atoms with Gasteiger partial charge in [-0.05, 0) is 25.0 Å². The third kappa shape index (κ3) is 2.65. The molecule has 2 atom stereocenters. The van der Waals surface area contributed by atoms with Crippen LogP contribution in [0.2, 0.25) is 5.02 Å². The lowest BCUT2D eigenvalue weighted by atomic mass is 10.0. The van der Waals surface area contributed by atoms with E-state index < -0.39 is 5.82 Å². The van der Waals surface area contributed by atoms with Crippen LogP contribution >= 0.6 is 11.6 Å². The molecule has 18 heavy (non-hydrogen) atoms. The van der Waals surface area contributed by atoms with E-state index in [0.717, 1.165) is 19.3 Å².